The number of halogens is 1. The normalized spacial score (nSPS) is 15.3. The maximum Gasteiger partial charge on any atom is 0.363 e. The summed E-state index contributed by atoms with van der Waals surface area (Å²) in [5.41, 5.74) is 2.36. The third-order valence-corrected chi connectivity index (χ3v) is 4.37. The van der Waals surface area contributed by atoms with Gasteiger partial charge in [-0.05, 0) is 41.8 Å². The molecule has 24 heavy (non-hydrogen) atoms. The molecular formula is C19H16BrNO3. The van der Waals surface area contributed by atoms with Crippen molar-refractivity contribution >= 4 is 33.9 Å². The topological polar surface area (TPSA) is 47.9 Å². The van der Waals surface area contributed by atoms with Gasteiger partial charge < -0.3 is 9.47 Å². The summed E-state index contributed by atoms with van der Waals surface area (Å²) < 4.78 is 11.3. The third kappa shape index (κ3) is 3.92. The number of rotatable bonds is 5. The molecule has 0 bridgehead atoms. The molecule has 0 amide bonds. The Morgan fingerprint density at radius 3 is 2.58 bits per heavy atom. The highest BCUT2D eigenvalue weighted by molar-refractivity contribution is 9.10. The average Bonchev–Trinajstić information content (AvgIpc) is 2.95. The highest BCUT2D eigenvalue weighted by atomic mass is 79.9. The molecule has 1 aliphatic rings. The molecule has 0 unspecified atom stereocenters. The second-order valence-electron chi connectivity index (χ2n) is 5.29. The van der Waals surface area contributed by atoms with Crippen LogP contribution in [0.15, 0.2) is 63.7 Å². The van der Waals surface area contributed by atoms with Gasteiger partial charge in [-0.2, -0.15) is 0 Å². The van der Waals surface area contributed by atoms with Crippen molar-refractivity contribution in [3.8, 4) is 5.75 Å². The van der Waals surface area contributed by atoms with Crippen LogP contribution >= 0.6 is 15.9 Å². The van der Waals surface area contributed by atoms with Crippen LogP contribution in [0, 0.1) is 0 Å². The summed E-state index contributed by atoms with van der Waals surface area (Å²) in [7, 11) is 1.64. The minimum absolute atomic E-state index is 0.326. The van der Waals surface area contributed by atoms with Crippen molar-refractivity contribution in [1.29, 1.82) is 0 Å². The molecule has 0 aliphatic carbocycles. The number of carbonyl (C=O) groups is 1. The summed E-state index contributed by atoms with van der Waals surface area (Å²) >= 11 is 3.46. The second-order valence-corrected chi connectivity index (χ2v) is 6.15. The molecule has 0 saturated heterocycles. The largest absolute Gasteiger partial charge is 0.497 e. The molecule has 0 atom stereocenters. The van der Waals surface area contributed by atoms with Gasteiger partial charge >= 0.3 is 5.97 Å². The van der Waals surface area contributed by atoms with Gasteiger partial charge in [-0.1, -0.05) is 46.3 Å². The van der Waals surface area contributed by atoms with E-state index in [-0.39, 0.29) is 0 Å². The Morgan fingerprint density at radius 1 is 1.12 bits per heavy atom. The third-order valence-electron chi connectivity index (χ3n) is 3.65. The average molecular weight is 386 g/mol. The Morgan fingerprint density at radius 2 is 1.88 bits per heavy atom. The van der Waals surface area contributed by atoms with E-state index in [0.717, 1.165) is 27.8 Å². The molecule has 122 valence electrons. The zero-order chi connectivity index (χ0) is 16.9. The van der Waals surface area contributed by atoms with Crippen LogP contribution in [0.25, 0.3) is 6.08 Å². The molecule has 1 heterocycles. The minimum Gasteiger partial charge on any atom is -0.497 e. The van der Waals surface area contributed by atoms with Crippen molar-refractivity contribution in [1.82, 2.24) is 0 Å². The molecule has 0 aromatic heterocycles. The lowest BCUT2D eigenvalue weighted by molar-refractivity contribution is -0.130. The second kappa shape index (κ2) is 7.45. The summed E-state index contributed by atoms with van der Waals surface area (Å²) in [6.07, 6.45) is 3.05. The van der Waals surface area contributed by atoms with E-state index >= 15 is 0 Å². The van der Waals surface area contributed by atoms with Crippen molar-refractivity contribution in [3.63, 3.8) is 0 Å². The van der Waals surface area contributed by atoms with E-state index in [1.807, 2.05) is 48.5 Å². The molecule has 2 aromatic carbocycles. The van der Waals surface area contributed by atoms with Gasteiger partial charge in [0.25, 0.3) is 0 Å². The molecule has 5 heteroatoms. The summed E-state index contributed by atoms with van der Waals surface area (Å²) in [6.45, 7) is 0. The molecule has 0 spiro atoms. The standard InChI is InChI=1S/C19H16BrNO3/c1-23-15-9-6-13(7-10-15)8-11-18-21-17(19(22)24-18)12-14-4-2-3-5-16(14)20/h2-7,9-10,12H,8,11H2,1H3/b17-12-. The van der Waals surface area contributed by atoms with Gasteiger partial charge in [-0.25, -0.2) is 9.79 Å². The fourth-order valence-corrected chi connectivity index (χ4v) is 2.74. The Kier molecular flexibility index (Phi) is 5.11. The lowest BCUT2D eigenvalue weighted by Crippen LogP contribution is -2.05. The summed E-state index contributed by atoms with van der Waals surface area (Å²) in [5.74, 6) is 0.867. The number of cyclic esters (lactones) is 1. The molecule has 0 saturated carbocycles. The van der Waals surface area contributed by atoms with E-state index < -0.39 is 5.97 Å². The first-order valence-electron chi connectivity index (χ1n) is 7.54. The smallest absolute Gasteiger partial charge is 0.363 e. The lowest BCUT2D eigenvalue weighted by atomic mass is 10.1. The van der Waals surface area contributed by atoms with Crippen LogP contribution in [0.3, 0.4) is 0 Å². The van der Waals surface area contributed by atoms with Crippen molar-refractivity contribution in [2.24, 2.45) is 4.99 Å². The van der Waals surface area contributed by atoms with Crippen LogP contribution in [0.4, 0.5) is 0 Å². The maximum absolute atomic E-state index is 12.0. The van der Waals surface area contributed by atoms with Gasteiger partial charge in [0.15, 0.2) is 11.6 Å². The van der Waals surface area contributed by atoms with Crippen LogP contribution in [0.5, 0.6) is 5.75 Å². The summed E-state index contributed by atoms with van der Waals surface area (Å²) in [4.78, 5) is 16.3. The zero-order valence-corrected chi connectivity index (χ0v) is 14.7. The lowest BCUT2D eigenvalue weighted by Gasteiger charge is -2.03. The maximum atomic E-state index is 12.0. The molecule has 1 aliphatic heterocycles. The van der Waals surface area contributed by atoms with Crippen molar-refractivity contribution in [2.75, 3.05) is 7.11 Å². The molecular weight excluding hydrogens is 370 g/mol. The van der Waals surface area contributed by atoms with Crippen LogP contribution in [0.1, 0.15) is 17.5 Å². The number of methoxy groups -OCH3 is 1. The molecule has 0 radical (unpaired) electrons. The fraction of sp³-hybridized carbons (Fsp3) is 0.158. The number of aliphatic imine (C=N–C) groups is 1. The van der Waals surface area contributed by atoms with E-state index in [0.29, 0.717) is 18.0 Å². The number of hydrogen-bond donors (Lipinski definition) is 0. The van der Waals surface area contributed by atoms with Gasteiger partial charge in [0.1, 0.15) is 5.75 Å². The van der Waals surface area contributed by atoms with Crippen LogP contribution in [-0.2, 0) is 16.0 Å². The predicted octanol–water partition coefficient (Wildman–Crippen LogP) is 4.39. The van der Waals surface area contributed by atoms with E-state index in [1.165, 1.54) is 0 Å². The first-order valence-corrected chi connectivity index (χ1v) is 8.34. The van der Waals surface area contributed by atoms with Crippen molar-refractivity contribution in [2.45, 2.75) is 12.8 Å². The number of esters is 1. The highest BCUT2D eigenvalue weighted by Crippen LogP contribution is 2.23. The number of hydrogen-bond acceptors (Lipinski definition) is 4. The van der Waals surface area contributed by atoms with Crippen LogP contribution < -0.4 is 4.74 Å². The quantitative estimate of drug-likeness (QED) is 0.566. The Hall–Kier alpha value is -2.40. The highest BCUT2D eigenvalue weighted by Gasteiger charge is 2.22. The molecule has 2 aromatic rings. The molecule has 0 N–H and O–H groups in total. The minimum atomic E-state index is -0.407. The van der Waals surface area contributed by atoms with Gasteiger partial charge in [-0.3, -0.25) is 0 Å². The SMILES string of the molecule is COc1ccc(CCC2=N/C(=C\c3ccccc3Br)C(=O)O2)cc1. The predicted molar refractivity (Wildman–Crippen MR) is 97.0 cm³/mol. The van der Waals surface area contributed by atoms with Gasteiger partial charge in [-0.15, -0.1) is 0 Å². The number of nitrogens with zero attached hydrogens (tertiary/aromatic N) is 1. The van der Waals surface area contributed by atoms with Crippen LogP contribution in [0.2, 0.25) is 0 Å². The van der Waals surface area contributed by atoms with E-state index in [9.17, 15) is 4.79 Å². The molecule has 4 nitrogen and oxygen atoms in total. The monoisotopic (exact) mass is 385 g/mol. The summed E-state index contributed by atoms with van der Waals surface area (Å²) in [5, 5.41) is 0. The van der Waals surface area contributed by atoms with E-state index in [2.05, 4.69) is 20.9 Å². The van der Waals surface area contributed by atoms with Crippen molar-refractivity contribution in [3.05, 3.63) is 69.8 Å². The first-order chi connectivity index (χ1) is 11.7. The zero-order valence-electron chi connectivity index (χ0n) is 13.2. The Labute approximate surface area is 148 Å². The van der Waals surface area contributed by atoms with Crippen molar-refractivity contribution < 1.29 is 14.3 Å². The first kappa shape index (κ1) is 16.5. The number of aryl methyl sites for hydroxylation is 1. The Balaban J connectivity index is 1.69. The van der Waals surface area contributed by atoms with Crippen LogP contribution in [-0.4, -0.2) is 19.0 Å². The number of carbonyl (C=O) groups excluding carboxylic acids is 1. The fourth-order valence-electron chi connectivity index (χ4n) is 2.34. The Bertz CT molecular complexity index is 810. The number of benzene rings is 2. The van der Waals surface area contributed by atoms with Gasteiger partial charge in [0.05, 0.1) is 7.11 Å². The summed E-state index contributed by atoms with van der Waals surface area (Å²) in [6, 6.07) is 15.5. The van der Waals surface area contributed by atoms with E-state index in [4.69, 9.17) is 9.47 Å². The molecule has 0 fully saturated rings. The number of ether oxygens (including phenoxy) is 2. The van der Waals surface area contributed by atoms with E-state index in [1.54, 1.807) is 13.2 Å². The molecule has 3 rings (SSSR count). The van der Waals surface area contributed by atoms with Gasteiger partial charge in [0.2, 0.25) is 0 Å². The van der Waals surface area contributed by atoms with Gasteiger partial charge in [0, 0.05) is 10.9 Å².